The van der Waals surface area contributed by atoms with Gasteiger partial charge in [-0.05, 0) is 26.2 Å². The molecule has 0 aromatic carbocycles. The Hall–Kier alpha value is -1.16. The van der Waals surface area contributed by atoms with Crippen LogP contribution in [-0.4, -0.2) is 57.3 Å². The molecule has 8 heteroatoms. The molecule has 1 aliphatic carbocycles. The molecule has 1 atom stereocenters. The van der Waals surface area contributed by atoms with E-state index < -0.39 is 0 Å². The zero-order valence-electron chi connectivity index (χ0n) is 15.9. The molecule has 0 spiro atoms. The van der Waals surface area contributed by atoms with Gasteiger partial charge in [0.05, 0.1) is 0 Å². The third-order valence-electron chi connectivity index (χ3n) is 5.38. The molecule has 1 saturated carbocycles. The van der Waals surface area contributed by atoms with Gasteiger partial charge in [-0.2, -0.15) is 0 Å². The number of hydrogen-bond donors (Lipinski definition) is 2. The number of hydrogen-bond acceptors (Lipinski definition) is 4. The van der Waals surface area contributed by atoms with Gasteiger partial charge >= 0.3 is 0 Å². The van der Waals surface area contributed by atoms with Crippen LogP contribution in [0.1, 0.15) is 43.8 Å². The fraction of sp³-hybridized carbons (Fsp3) is 0.722. The lowest BCUT2D eigenvalue weighted by atomic mass is 10.2. The van der Waals surface area contributed by atoms with Crippen LogP contribution in [0.3, 0.4) is 0 Å². The van der Waals surface area contributed by atoms with E-state index in [1.54, 1.807) is 0 Å². The molecular formula is C18H32IN7. The van der Waals surface area contributed by atoms with Gasteiger partial charge in [0.2, 0.25) is 0 Å². The van der Waals surface area contributed by atoms with Crippen molar-refractivity contribution in [2.24, 2.45) is 12.0 Å². The Morgan fingerprint density at radius 2 is 2.08 bits per heavy atom. The van der Waals surface area contributed by atoms with Gasteiger partial charge in [0, 0.05) is 38.8 Å². The van der Waals surface area contributed by atoms with E-state index in [1.807, 2.05) is 24.6 Å². The van der Waals surface area contributed by atoms with E-state index in [-0.39, 0.29) is 24.0 Å². The summed E-state index contributed by atoms with van der Waals surface area (Å²) < 4.78 is 1.98. The minimum Gasteiger partial charge on any atom is -0.353 e. The predicted octanol–water partition coefficient (Wildman–Crippen LogP) is 1.98. The van der Waals surface area contributed by atoms with Crippen LogP contribution < -0.4 is 10.6 Å². The van der Waals surface area contributed by atoms with Crippen molar-refractivity contribution in [3.05, 3.63) is 24.3 Å². The zero-order chi connectivity index (χ0) is 17.6. The Bertz CT molecular complexity index is 607. The summed E-state index contributed by atoms with van der Waals surface area (Å²) in [7, 11) is 1.97. The molecule has 146 valence electrons. The summed E-state index contributed by atoms with van der Waals surface area (Å²) >= 11 is 0. The molecular weight excluding hydrogens is 441 g/mol. The summed E-state index contributed by atoms with van der Waals surface area (Å²) in [6.07, 6.45) is 8.55. The highest BCUT2D eigenvalue weighted by atomic mass is 127. The van der Waals surface area contributed by atoms with Gasteiger partial charge in [0.25, 0.3) is 0 Å². The Kier molecular flexibility index (Phi) is 8.33. The Morgan fingerprint density at radius 3 is 2.73 bits per heavy atom. The average Bonchev–Trinajstić information content (AvgIpc) is 3.34. The number of halogens is 1. The van der Waals surface area contributed by atoms with Crippen molar-refractivity contribution in [2.75, 3.05) is 19.6 Å². The molecule has 0 amide bonds. The van der Waals surface area contributed by atoms with Gasteiger partial charge < -0.3 is 15.2 Å². The second-order valence-corrected chi connectivity index (χ2v) is 7.12. The van der Waals surface area contributed by atoms with E-state index in [4.69, 9.17) is 4.99 Å². The van der Waals surface area contributed by atoms with E-state index in [0.29, 0.717) is 19.1 Å². The van der Waals surface area contributed by atoms with Gasteiger partial charge in [-0.3, -0.25) is 4.90 Å². The molecule has 1 aromatic heterocycles. The Morgan fingerprint density at radius 1 is 1.31 bits per heavy atom. The van der Waals surface area contributed by atoms with Gasteiger partial charge in [-0.1, -0.05) is 18.9 Å². The minimum atomic E-state index is 0. The van der Waals surface area contributed by atoms with Gasteiger partial charge in [-0.25, -0.2) is 4.99 Å². The summed E-state index contributed by atoms with van der Waals surface area (Å²) in [5.41, 5.74) is 0. The van der Waals surface area contributed by atoms with Crippen LogP contribution in [-0.2, 0) is 13.6 Å². The van der Waals surface area contributed by atoms with Crippen LogP contribution in [0.25, 0.3) is 0 Å². The molecule has 3 rings (SSSR count). The average molecular weight is 473 g/mol. The normalized spacial score (nSPS) is 21.6. The van der Waals surface area contributed by atoms with Crippen LogP contribution in [0, 0.1) is 6.92 Å². The highest BCUT2D eigenvalue weighted by Gasteiger charge is 2.30. The fourth-order valence-electron chi connectivity index (χ4n) is 3.76. The summed E-state index contributed by atoms with van der Waals surface area (Å²) in [4.78, 5) is 7.35. The van der Waals surface area contributed by atoms with Gasteiger partial charge in [-0.15, -0.1) is 40.8 Å². The first-order chi connectivity index (χ1) is 12.2. The molecule has 2 fully saturated rings. The summed E-state index contributed by atoms with van der Waals surface area (Å²) in [6.45, 7) is 9.26. The molecule has 2 N–H and O–H groups in total. The number of aromatic nitrogens is 3. The lowest BCUT2D eigenvalue weighted by Crippen LogP contribution is -2.45. The third-order valence-corrected chi connectivity index (χ3v) is 5.38. The van der Waals surface area contributed by atoms with Crippen LogP contribution >= 0.6 is 24.0 Å². The van der Waals surface area contributed by atoms with Crippen LogP contribution in [0.15, 0.2) is 17.6 Å². The number of likely N-dealkylation sites (tertiary alicyclic amines) is 1. The van der Waals surface area contributed by atoms with E-state index in [0.717, 1.165) is 30.2 Å². The number of nitrogens with one attached hydrogen (secondary N) is 2. The van der Waals surface area contributed by atoms with Gasteiger partial charge in [0.1, 0.15) is 12.4 Å². The van der Waals surface area contributed by atoms with Crippen molar-refractivity contribution in [3.8, 4) is 0 Å². The quantitative estimate of drug-likeness (QED) is 0.286. The summed E-state index contributed by atoms with van der Waals surface area (Å²) in [5, 5.41) is 15.2. The number of guanidine groups is 1. The molecule has 1 saturated heterocycles. The minimum absolute atomic E-state index is 0. The topological polar surface area (TPSA) is 70.4 Å². The molecule has 2 aliphatic rings. The van der Waals surface area contributed by atoms with Crippen LogP contribution in [0.5, 0.6) is 0 Å². The van der Waals surface area contributed by atoms with Crippen molar-refractivity contribution in [1.82, 2.24) is 30.3 Å². The first-order valence-electron chi connectivity index (χ1n) is 9.42. The lowest BCUT2D eigenvalue weighted by Gasteiger charge is -2.24. The van der Waals surface area contributed by atoms with Gasteiger partial charge in [0.15, 0.2) is 11.8 Å². The maximum Gasteiger partial charge on any atom is 0.192 e. The predicted molar refractivity (Wildman–Crippen MR) is 116 cm³/mol. The number of rotatable bonds is 6. The highest BCUT2D eigenvalue weighted by molar-refractivity contribution is 14.0. The van der Waals surface area contributed by atoms with Crippen LogP contribution in [0.2, 0.25) is 0 Å². The molecule has 0 bridgehead atoms. The first kappa shape index (κ1) is 21.1. The smallest absolute Gasteiger partial charge is 0.192 e. The van der Waals surface area contributed by atoms with Crippen molar-refractivity contribution >= 4 is 29.9 Å². The van der Waals surface area contributed by atoms with E-state index in [2.05, 4.69) is 32.3 Å². The molecule has 0 radical (unpaired) electrons. The first-order valence-corrected chi connectivity index (χ1v) is 9.42. The van der Waals surface area contributed by atoms with Crippen molar-refractivity contribution in [1.29, 1.82) is 0 Å². The number of aliphatic imine (C=N–C) groups is 1. The lowest BCUT2D eigenvalue weighted by molar-refractivity contribution is 0.242. The molecule has 7 nitrogen and oxygen atoms in total. The van der Waals surface area contributed by atoms with E-state index >= 15 is 0 Å². The monoisotopic (exact) mass is 473 g/mol. The molecule has 1 aliphatic heterocycles. The molecule has 26 heavy (non-hydrogen) atoms. The summed E-state index contributed by atoms with van der Waals surface area (Å²) in [6, 6.07) is 1.26. The van der Waals surface area contributed by atoms with E-state index in [9.17, 15) is 0 Å². The molecule has 1 unspecified atom stereocenters. The second kappa shape index (κ2) is 10.2. The fourth-order valence-corrected chi connectivity index (χ4v) is 3.76. The summed E-state index contributed by atoms with van der Waals surface area (Å²) in [5.74, 6) is 2.61. The maximum absolute atomic E-state index is 4.70. The maximum atomic E-state index is 4.70. The Labute approximate surface area is 173 Å². The van der Waals surface area contributed by atoms with Crippen molar-refractivity contribution in [2.45, 2.75) is 57.7 Å². The second-order valence-electron chi connectivity index (χ2n) is 7.12. The largest absolute Gasteiger partial charge is 0.353 e. The van der Waals surface area contributed by atoms with Crippen LogP contribution in [0.4, 0.5) is 0 Å². The SMILES string of the molecule is C=CCNC(=NCc1nnc(C)n1C)NC1CCN(C2CCCC2)C1.I. The number of nitrogens with zero attached hydrogens (tertiary/aromatic N) is 5. The Balaban J connectivity index is 0.00000243. The molecule has 2 heterocycles. The van der Waals surface area contributed by atoms with Crippen molar-refractivity contribution in [3.63, 3.8) is 0 Å². The zero-order valence-corrected chi connectivity index (χ0v) is 18.3. The highest BCUT2D eigenvalue weighted by Crippen LogP contribution is 2.26. The molecule has 1 aromatic rings. The standard InChI is InChI=1S/C18H31N7.HI/c1-4-10-19-18(20-12-17-23-22-14(2)24(17)3)21-15-9-11-25(13-15)16-7-5-6-8-16;/h4,15-16H,1,5-13H2,2-3H3,(H2,19,20,21);1H. The third kappa shape index (κ3) is 5.42. The van der Waals surface area contributed by atoms with Crippen molar-refractivity contribution < 1.29 is 0 Å². The van der Waals surface area contributed by atoms with E-state index in [1.165, 1.54) is 38.6 Å². The number of aryl methyl sites for hydroxylation is 1.